The molecule has 0 spiro atoms. The fraction of sp³-hybridized carbons (Fsp3) is 0.211. The number of aromatic nitrogens is 2. The van der Waals surface area contributed by atoms with Crippen LogP contribution in [0.3, 0.4) is 0 Å². The summed E-state index contributed by atoms with van der Waals surface area (Å²) < 4.78 is 29.8. The molecule has 0 aliphatic rings. The van der Waals surface area contributed by atoms with Crippen LogP contribution in [0.4, 0.5) is 6.01 Å². The molecule has 0 aliphatic carbocycles. The first-order chi connectivity index (χ1) is 13.0. The SMILES string of the molecule is O=C(CCCS(=O)(=O)c1ccccc1)Nc1nnc(Cc2ccccc2)o1. The molecular formula is C19H19N3O4S. The first-order valence-electron chi connectivity index (χ1n) is 8.47. The maximum Gasteiger partial charge on any atom is 0.322 e. The lowest BCUT2D eigenvalue weighted by atomic mass is 10.2. The molecule has 0 radical (unpaired) electrons. The molecule has 7 nitrogen and oxygen atoms in total. The molecule has 2 aromatic carbocycles. The second kappa shape index (κ2) is 8.59. The summed E-state index contributed by atoms with van der Waals surface area (Å²) in [5, 5.41) is 10.2. The van der Waals surface area contributed by atoms with Crippen molar-refractivity contribution in [3.05, 3.63) is 72.1 Å². The Morgan fingerprint density at radius 2 is 1.63 bits per heavy atom. The highest BCUT2D eigenvalue weighted by Gasteiger charge is 2.15. The van der Waals surface area contributed by atoms with Crippen LogP contribution in [-0.4, -0.2) is 30.3 Å². The zero-order valence-corrected chi connectivity index (χ0v) is 15.4. The maximum atomic E-state index is 12.2. The zero-order chi connectivity index (χ0) is 19.1. The van der Waals surface area contributed by atoms with Crippen molar-refractivity contribution >= 4 is 21.8 Å². The smallest absolute Gasteiger partial charge is 0.322 e. The molecule has 1 heterocycles. The first-order valence-corrected chi connectivity index (χ1v) is 10.1. The van der Waals surface area contributed by atoms with E-state index in [1.165, 1.54) is 0 Å². The third-order valence-electron chi connectivity index (χ3n) is 3.83. The minimum Gasteiger partial charge on any atom is -0.407 e. The molecular weight excluding hydrogens is 366 g/mol. The molecule has 1 amide bonds. The van der Waals surface area contributed by atoms with E-state index in [1.807, 2.05) is 30.3 Å². The van der Waals surface area contributed by atoms with Crippen molar-refractivity contribution in [2.45, 2.75) is 24.2 Å². The van der Waals surface area contributed by atoms with E-state index in [4.69, 9.17) is 4.42 Å². The van der Waals surface area contributed by atoms with Gasteiger partial charge in [-0.1, -0.05) is 53.6 Å². The molecule has 1 aromatic heterocycles. The van der Waals surface area contributed by atoms with E-state index in [9.17, 15) is 13.2 Å². The van der Waals surface area contributed by atoms with Crippen LogP contribution in [-0.2, 0) is 21.1 Å². The van der Waals surface area contributed by atoms with E-state index in [1.54, 1.807) is 30.3 Å². The van der Waals surface area contributed by atoms with Gasteiger partial charge in [0, 0.05) is 6.42 Å². The minimum absolute atomic E-state index is 0.0110. The largest absolute Gasteiger partial charge is 0.407 e. The molecule has 0 unspecified atom stereocenters. The third-order valence-corrected chi connectivity index (χ3v) is 5.65. The van der Waals surface area contributed by atoms with E-state index in [2.05, 4.69) is 15.5 Å². The van der Waals surface area contributed by atoms with Crippen LogP contribution in [0.25, 0.3) is 0 Å². The number of anilines is 1. The molecule has 0 atom stereocenters. The van der Waals surface area contributed by atoms with Gasteiger partial charge in [-0.15, -0.1) is 5.10 Å². The summed E-state index contributed by atoms with van der Waals surface area (Å²) in [6, 6.07) is 17.8. The molecule has 27 heavy (non-hydrogen) atoms. The first kappa shape index (κ1) is 18.8. The maximum absolute atomic E-state index is 12.2. The molecule has 8 heteroatoms. The van der Waals surface area contributed by atoms with Gasteiger partial charge in [-0.25, -0.2) is 8.42 Å². The van der Waals surface area contributed by atoms with Crippen molar-refractivity contribution in [3.63, 3.8) is 0 Å². The standard InChI is InChI=1S/C19H19N3O4S/c23-17(12-7-13-27(24,25)16-10-5-2-6-11-16)20-19-22-21-18(26-19)14-15-8-3-1-4-9-15/h1-6,8-11H,7,12-14H2,(H,20,22,23). The van der Waals surface area contributed by atoms with Crippen LogP contribution < -0.4 is 5.32 Å². The Hall–Kier alpha value is -3.00. The monoisotopic (exact) mass is 385 g/mol. The van der Waals surface area contributed by atoms with Gasteiger partial charge in [0.25, 0.3) is 0 Å². The second-order valence-corrected chi connectivity index (χ2v) is 8.06. The number of sulfone groups is 1. The topological polar surface area (TPSA) is 102 Å². The summed E-state index contributed by atoms with van der Waals surface area (Å²) in [7, 11) is -3.39. The number of hydrogen-bond donors (Lipinski definition) is 1. The second-order valence-electron chi connectivity index (χ2n) is 5.95. The van der Waals surface area contributed by atoms with E-state index >= 15 is 0 Å². The summed E-state index contributed by atoms with van der Waals surface area (Å²) in [6.07, 6.45) is 0.718. The van der Waals surface area contributed by atoms with E-state index in [0.717, 1.165) is 5.56 Å². The number of carbonyl (C=O) groups is 1. The van der Waals surface area contributed by atoms with Gasteiger partial charge in [0.15, 0.2) is 9.84 Å². The van der Waals surface area contributed by atoms with Crippen molar-refractivity contribution < 1.29 is 17.6 Å². The Labute approximate surface area is 157 Å². The predicted octanol–water partition coefficient (Wildman–Crippen LogP) is 2.85. The molecule has 0 bridgehead atoms. The predicted molar refractivity (Wildman–Crippen MR) is 99.9 cm³/mol. The zero-order valence-electron chi connectivity index (χ0n) is 14.5. The molecule has 0 saturated carbocycles. The van der Waals surface area contributed by atoms with Crippen molar-refractivity contribution in [2.75, 3.05) is 11.1 Å². The molecule has 140 valence electrons. The van der Waals surface area contributed by atoms with E-state index in [0.29, 0.717) is 12.3 Å². The van der Waals surface area contributed by atoms with Crippen LogP contribution in [0, 0.1) is 0 Å². The van der Waals surface area contributed by atoms with Gasteiger partial charge in [0.05, 0.1) is 17.1 Å². The molecule has 0 aliphatic heterocycles. The van der Waals surface area contributed by atoms with Crippen LogP contribution in [0.15, 0.2) is 70.0 Å². The van der Waals surface area contributed by atoms with Gasteiger partial charge in [-0.2, -0.15) is 0 Å². The van der Waals surface area contributed by atoms with Crippen LogP contribution >= 0.6 is 0 Å². The van der Waals surface area contributed by atoms with Gasteiger partial charge in [0.1, 0.15) is 0 Å². The van der Waals surface area contributed by atoms with Gasteiger partial charge < -0.3 is 4.42 Å². The summed E-state index contributed by atoms with van der Waals surface area (Å²) in [5.41, 5.74) is 1.02. The van der Waals surface area contributed by atoms with Crippen LogP contribution in [0.2, 0.25) is 0 Å². The summed E-state index contributed by atoms with van der Waals surface area (Å²) in [6.45, 7) is 0. The molecule has 0 fully saturated rings. The number of nitrogens with one attached hydrogen (secondary N) is 1. The average molecular weight is 385 g/mol. The van der Waals surface area contributed by atoms with Crippen LogP contribution in [0.1, 0.15) is 24.3 Å². The van der Waals surface area contributed by atoms with Crippen molar-refractivity contribution in [2.24, 2.45) is 0 Å². The van der Waals surface area contributed by atoms with Crippen LogP contribution in [0.5, 0.6) is 0 Å². The fourth-order valence-corrected chi connectivity index (χ4v) is 3.83. The number of nitrogens with zero attached hydrogens (tertiary/aromatic N) is 2. The molecule has 3 aromatic rings. The normalized spacial score (nSPS) is 11.3. The van der Waals surface area contributed by atoms with E-state index < -0.39 is 9.84 Å². The van der Waals surface area contributed by atoms with Gasteiger partial charge in [0.2, 0.25) is 11.8 Å². The van der Waals surface area contributed by atoms with Gasteiger partial charge in [-0.05, 0) is 24.1 Å². The fourth-order valence-electron chi connectivity index (χ4n) is 2.50. The Balaban J connectivity index is 1.47. The summed E-state index contributed by atoms with van der Waals surface area (Å²) in [4.78, 5) is 12.2. The Morgan fingerprint density at radius 3 is 2.33 bits per heavy atom. The number of carbonyl (C=O) groups excluding carboxylic acids is 1. The highest BCUT2D eigenvalue weighted by Crippen LogP contribution is 2.14. The summed E-state index contributed by atoms with van der Waals surface area (Å²) >= 11 is 0. The van der Waals surface area contributed by atoms with Crippen molar-refractivity contribution in [1.29, 1.82) is 0 Å². The van der Waals surface area contributed by atoms with Gasteiger partial charge in [-0.3, -0.25) is 10.1 Å². The minimum atomic E-state index is -3.39. The molecule has 3 rings (SSSR count). The lowest BCUT2D eigenvalue weighted by Gasteiger charge is -2.04. The number of rotatable bonds is 8. The highest BCUT2D eigenvalue weighted by molar-refractivity contribution is 7.91. The average Bonchev–Trinajstić information content (AvgIpc) is 3.10. The number of amides is 1. The lowest BCUT2D eigenvalue weighted by Crippen LogP contribution is -2.14. The summed E-state index contributed by atoms with van der Waals surface area (Å²) in [5.74, 6) is -0.0793. The van der Waals surface area contributed by atoms with Crippen molar-refractivity contribution in [3.8, 4) is 0 Å². The quantitative estimate of drug-likeness (QED) is 0.640. The molecule has 1 N–H and O–H groups in total. The van der Waals surface area contributed by atoms with Crippen molar-refractivity contribution in [1.82, 2.24) is 10.2 Å². The van der Waals surface area contributed by atoms with E-state index in [-0.39, 0.29) is 35.4 Å². The third kappa shape index (κ3) is 5.49. The Kier molecular flexibility index (Phi) is 5.97. The number of hydrogen-bond acceptors (Lipinski definition) is 6. The Bertz CT molecular complexity index is 986. The number of benzene rings is 2. The highest BCUT2D eigenvalue weighted by atomic mass is 32.2. The van der Waals surface area contributed by atoms with Gasteiger partial charge >= 0.3 is 6.01 Å². The molecule has 0 saturated heterocycles. The lowest BCUT2D eigenvalue weighted by molar-refractivity contribution is -0.116. The Morgan fingerprint density at radius 1 is 0.963 bits per heavy atom.